The zero-order valence-corrected chi connectivity index (χ0v) is 20.6. The van der Waals surface area contributed by atoms with E-state index in [1.807, 2.05) is 7.11 Å². The summed E-state index contributed by atoms with van der Waals surface area (Å²) in [4.78, 5) is 0. The van der Waals surface area contributed by atoms with Crippen LogP contribution in [0, 0.1) is 46.3 Å². The topological polar surface area (TPSA) is 29.5 Å². The van der Waals surface area contributed by atoms with E-state index in [-0.39, 0.29) is 17.6 Å². The maximum Gasteiger partial charge on any atom is 0.0790 e. The van der Waals surface area contributed by atoms with E-state index in [1.165, 1.54) is 56.9 Å². The van der Waals surface area contributed by atoms with Crippen LogP contribution in [0.15, 0.2) is 11.6 Å². The Morgan fingerprint density at radius 2 is 1.80 bits per heavy atom. The summed E-state index contributed by atoms with van der Waals surface area (Å²) in [6, 6.07) is 0. The summed E-state index contributed by atoms with van der Waals surface area (Å²) >= 11 is 0. The standard InChI is InChI=1S/C28H48O2/c1-18(2)8-7-9-19(3)22-10-11-23-21-17-26(30-6)25-16-20(29)12-14-28(25,5)24(21)13-15-27(22,23)4/h16,18-24,26,29H,7-15,17H2,1-6H3. The fourth-order valence-electron chi connectivity index (χ4n) is 8.98. The van der Waals surface area contributed by atoms with E-state index in [0.717, 1.165) is 48.3 Å². The minimum Gasteiger partial charge on any atom is -0.389 e. The molecule has 0 aromatic rings. The quantitative estimate of drug-likeness (QED) is 0.472. The van der Waals surface area contributed by atoms with E-state index < -0.39 is 0 Å². The molecule has 2 heteroatoms. The van der Waals surface area contributed by atoms with Crippen molar-refractivity contribution < 1.29 is 9.84 Å². The zero-order chi connectivity index (χ0) is 21.7. The molecular weight excluding hydrogens is 368 g/mol. The molecule has 0 heterocycles. The van der Waals surface area contributed by atoms with Gasteiger partial charge in [0.15, 0.2) is 0 Å². The smallest absolute Gasteiger partial charge is 0.0790 e. The van der Waals surface area contributed by atoms with Crippen molar-refractivity contribution >= 4 is 0 Å². The van der Waals surface area contributed by atoms with Crippen LogP contribution < -0.4 is 0 Å². The van der Waals surface area contributed by atoms with Gasteiger partial charge in [0.05, 0.1) is 12.2 Å². The van der Waals surface area contributed by atoms with Crippen LogP contribution in [0.3, 0.4) is 0 Å². The number of aliphatic hydroxyl groups excluding tert-OH is 1. The fraction of sp³-hybridized carbons (Fsp3) is 0.929. The molecule has 3 fully saturated rings. The number of ether oxygens (including phenoxy) is 1. The second-order valence-electron chi connectivity index (χ2n) is 12.5. The van der Waals surface area contributed by atoms with Crippen molar-refractivity contribution in [2.24, 2.45) is 46.3 Å². The van der Waals surface area contributed by atoms with Crippen LogP contribution in [0.2, 0.25) is 0 Å². The molecule has 0 aliphatic heterocycles. The lowest BCUT2D eigenvalue weighted by Crippen LogP contribution is -2.54. The van der Waals surface area contributed by atoms with Crippen LogP contribution in [0.5, 0.6) is 0 Å². The van der Waals surface area contributed by atoms with Crippen LogP contribution in [-0.2, 0) is 4.74 Å². The minimum atomic E-state index is -0.265. The molecule has 0 aromatic heterocycles. The summed E-state index contributed by atoms with van der Waals surface area (Å²) in [5.41, 5.74) is 2.21. The highest BCUT2D eigenvalue weighted by Crippen LogP contribution is 2.68. The molecule has 0 bridgehead atoms. The highest BCUT2D eigenvalue weighted by atomic mass is 16.5. The molecular formula is C28H48O2. The summed E-state index contributed by atoms with van der Waals surface area (Å²) in [6.45, 7) is 12.5. The van der Waals surface area contributed by atoms with E-state index in [2.05, 4.69) is 40.7 Å². The van der Waals surface area contributed by atoms with E-state index in [1.54, 1.807) is 0 Å². The second kappa shape index (κ2) is 8.54. The van der Waals surface area contributed by atoms with Crippen LogP contribution >= 0.6 is 0 Å². The number of rotatable bonds is 6. The first-order chi connectivity index (χ1) is 14.2. The number of hydrogen-bond donors (Lipinski definition) is 1. The molecule has 0 amide bonds. The van der Waals surface area contributed by atoms with Crippen molar-refractivity contribution in [3.63, 3.8) is 0 Å². The van der Waals surface area contributed by atoms with Gasteiger partial charge in [-0.3, -0.25) is 0 Å². The van der Waals surface area contributed by atoms with Gasteiger partial charge in [-0.25, -0.2) is 0 Å². The Bertz CT molecular complexity index is 639. The van der Waals surface area contributed by atoms with Gasteiger partial charge in [0.1, 0.15) is 0 Å². The van der Waals surface area contributed by atoms with Crippen molar-refractivity contribution in [2.75, 3.05) is 7.11 Å². The zero-order valence-electron chi connectivity index (χ0n) is 20.6. The lowest BCUT2D eigenvalue weighted by molar-refractivity contribution is -0.0938. The second-order valence-corrected chi connectivity index (χ2v) is 12.5. The van der Waals surface area contributed by atoms with Crippen molar-refractivity contribution in [1.29, 1.82) is 0 Å². The molecule has 3 saturated carbocycles. The van der Waals surface area contributed by atoms with Gasteiger partial charge < -0.3 is 9.84 Å². The Balaban J connectivity index is 1.54. The molecule has 0 radical (unpaired) electrons. The number of methoxy groups -OCH3 is 1. The van der Waals surface area contributed by atoms with E-state index in [4.69, 9.17) is 4.74 Å². The number of aliphatic hydroxyl groups is 1. The lowest BCUT2D eigenvalue weighted by atomic mass is 9.46. The van der Waals surface area contributed by atoms with Crippen molar-refractivity contribution in [3.8, 4) is 0 Å². The Kier molecular flexibility index (Phi) is 6.50. The summed E-state index contributed by atoms with van der Waals surface area (Å²) in [5.74, 6) is 5.08. The van der Waals surface area contributed by atoms with E-state index in [0.29, 0.717) is 5.41 Å². The maximum absolute atomic E-state index is 10.3. The van der Waals surface area contributed by atoms with Gasteiger partial charge in [-0.05, 0) is 96.9 Å². The van der Waals surface area contributed by atoms with Crippen molar-refractivity contribution in [3.05, 3.63) is 11.6 Å². The number of hydrogen-bond acceptors (Lipinski definition) is 2. The molecule has 9 unspecified atom stereocenters. The summed E-state index contributed by atoms with van der Waals surface area (Å²) < 4.78 is 6.07. The fourth-order valence-corrected chi connectivity index (χ4v) is 8.98. The van der Waals surface area contributed by atoms with Crippen molar-refractivity contribution in [2.45, 2.75) is 111 Å². The lowest BCUT2D eigenvalue weighted by Gasteiger charge is -2.60. The third-order valence-electron chi connectivity index (χ3n) is 10.6. The SMILES string of the molecule is COC1CC2C(CCC3(C)C(C(C)CCCC(C)C)CCC23)C2(C)CCC(O)C=C12. The van der Waals surface area contributed by atoms with Crippen LogP contribution in [0.25, 0.3) is 0 Å². The van der Waals surface area contributed by atoms with Crippen LogP contribution in [0.4, 0.5) is 0 Å². The predicted octanol–water partition coefficient (Wildman–Crippen LogP) is 7.01. The minimum absolute atomic E-state index is 0.219. The molecule has 4 aliphatic carbocycles. The molecule has 30 heavy (non-hydrogen) atoms. The molecule has 0 aromatic carbocycles. The van der Waals surface area contributed by atoms with Crippen LogP contribution in [-0.4, -0.2) is 24.4 Å². The van der Waals surface area contributed by atoms with Gasteiger partial charge >= 0.3 is 0 Å². The normalized spacial score (nSPS) is 46.7. The van der Waals surface area contributed by atoms with E-state index >= 15 is 0 Å². The molecule has 9 atom stereocenters. The van der Waals surface area contributed by atoms with Gasteiger partial charge in [0.25, 0.3) is 0 Å². The third-order valence-corrected chi connectivity index (χ3v) is 10.6. The molecule has 4 aliphatic rings. The third kappa shape index (κ3) is 3.72. The van der Waals surface area contributed by atoms with Gasteiger partial charge in [-0.2, -0.15) is 0 Å². The first kappa shape index (κ1) is 22.8. The van der Waals surface area contributed by atoms with Gasteiger partial charge in [0.2, 0.25) is 0 Å². The monoisotopic (exact) mass is 416 g/mol. The molecule has 4 rings (SSSR count). The summed E-state index contributed by atoms with van der Waals surface area (Å²) in [7, 11) is 1.89. The Morgan fingerprint density at radius 1 is 1.03 bits per heavy atom. The number of fused-ring (bicyclic) bond motifs is 5. The van der Waals surface area contributed by atoms with Crippen LogP contribution in [0.1, 0.15) is 98.8 Å². The maximum atomic E-state index is 10.3. The molecule has 1 N–H and O–H groups in total. The largest absolute Gasteiger partial charge is 0.389 e. The highest BCUT2D eigenvalue weighted by Gasteiger charge is 2.61. The molecule has 172 valence electrons. The predicted molar refractivity (Wildman–Crippen MR) is 125 cm³/mol. The highest BCUT2D eigenvalue weighted by molar-refractivity contribution is 5.29. The first-order valence-electron chi connectivity index (χ1n) is 13.1. The first-order valence-corrected chi connectivity index (χ1v) is 13.1. The Morgan fingerprint density at radius 3 is 2.50 bits per heavy atom. The molecule has 2 nitrogen and oxygen atoms in total. The molecule has 0 saturated heterocycles. The average Bonchev–Trinajstić information content (AvgIpc) is 3.05. The van der Waals surface area contributed by atoms with Gasteiger partial charge in [-0.15, -0.1) is 0 Å². The van der Waals surface area contributed by atoms with Gasteiger partial charge in [-0.1, -0.05) is 60.0 Å². The Hall–Kier alpha value is -0.340. The Labute approximate surface area is 186 Å². The van der Waals surface area contributed by atoms with Crippen molar-refractivity contribution in [1.82, 2.24) is 0 Å². The average molecular weight is 417 g/mol. The van der Waals surface area contributed by atoms with Gasteiger partial charge in [0, 0.05) is 7.11 Å². The van der Waals surface area contributed by atoms with E-state index in [9.17, 15) is 5.11 Å². The summed E-state index contributed by atoms with van der Waals surface area (Å²) in [5, 5.41) is 10.3. The molecule has 0 spiro atoms. The summed E-state index contributed by atoms with van der Waals surface area (Å²) in [6.07, 6.45) is 15.3.